The van der Waals surface area contributed by atoms with Gasteiger partial charge in [-0.1, -0.05) is 39.0 Å². The van der Waals surface area contributed by atoms with E-state index in [2.05, 4.69) is 33.0 Å². The fourth-order valence-corrected chi connectivity index (χ4v) is 2.66. The third kappa shape index (κ3) is 6.11. The van der Waals surface area contributed by atoms with E-state index < -0.39 is 0 Å². The van der Waals surface area contributed by atoms with E-state index in [0.717, 1.165) is 31.2 Å². The number of rotatable bonds is 9. The van der Waals surface area contributed by atoms with Crippen LogP contribution in [0, 0.1) is 11.8 Å². The predicted octanol–water partition coefficient (Wildman–Crippen LogP) is 4.12. The maximum absolute atomic E-state index is 5.76. The summed E-state index contributed by atoms with van der Waals surface area (Å²) < 4.78 is 5.76. The second-order valence-corrected chi connectivity index (χ2v) is 5.56. The minimum atomic E-state index is 0.585. The van der Waals surface area contributed by atoms with Crippen molar-refractivity contribution < 1.29 is 4.74 Å². The monoisotopic (exact) mass is 263 g/mol. The number of hydrogen-bond acceptors (Lipinski definition) is 2. The van der Waals surface area contributed by atoms with Crippen LogP contribution in [-0.2, 0) is 0 Å². The van der Waals surface area contributed by atoms with E-state index in [1.807, 2.05) is 30.3 Å². The fraction of sp³-hybridized carbons (Fsp3) is 0.647. The molecule has 1 aromatic carbocycles. The summed E-state index contributed by atoms with van der Waals surface area (Å²) in [5.41, 5.74) is 0. The molecule has 19 heavy (non-hydrogen) atoms. The summed E-state index contributed by atoms with van der Waals surface area (Å²) in [6.45, 7) is 11.0. The molecule has 108 valence electrons. The lowest BCUT2D eigenvalue weighted by Crippen LogP contribution is -2.36. The molecule has 0 aromatic heterocycles. The molecule has 0 fully saturated rings. The van der Waals surface area contributed by atoms with Crippen molar-refractivity contribution in [2.75, 3.05) is 13.2 Å². The summed E-state index contributed by atoms with van der Waals surface area (Å²) in [5.74, 6) is 2.41. The van der Waals surface area contributed by atoms with Gasteiger partial charge in [0.2, 0.25) is 0 Å². The Morgan fingerprint density at radius 2 is 1.79 bits per heavy atom. The third-order valence-corrected chi connectivity index (χ3v) is 3.72. The molecule has 0 aliphatic heterocycles. The Bertz CT molecular complexity index is 323. The van der Waals surface area contributed by atoms with Crippen LogP contribution in [0.1, 0.15) is 40.5 Å². The Labute approximate surface area is 118 Å². The summed E-state index contributed by atoms with van der Waals surface area (Å²) in [5, 5.41) is 3.54. The molecule has 0 aliphatic rings. The predicted molar refractivity (Wildman–Crippen MR) is 82.6 cm³/mol. The zero-order chi connectivity index (χ0) is 14.1. The van der Waals surface area contributed by atoms with Gasteiger partial charge in [-0.2, -0.15) is 0 Å². The molecule has 0 bridgehead atoms. The Kier molecular flexibility index (Phi) is 7.57. The standard InChI is InChI=1S/C17H29NO/c1-5-18-15(4)17(14(2)3)12-9-13-19-16-10-7-6-8-11-16/h6-8,10-11,14-15,17-18H,5,9,12-13H2,1-4H3. The zero-order valence-electron chi connectivity index (χ0n) is 12.9. The van der Waals surface area contributed by atoms with Gasteiger partial charge in [0.25, 0.3) is 0 Å². The highest BCUT2D eigenvalue weighted by atomic mass is 16.5. The molecule has 0 radical (unpaired) electrons. The van der Waals surface area contributed by atoms with Crippen LogP contribution in [0.4, 0.5) is 0 Å². The van der Waals surface area contributed by atoms with Gasteiger partial charge in [-0.25, -0.2) is 0 Å². The molecule has 2 atom stereocenters. The summed E-state index contributed by atoms with van der Waals surface area (Å²) in [6.07, 6.45) is 2.34. The largest absolute Gasteiger partial charge is 0.494 e. The Morgan fingerprint density at radius 3 is 2.37 bits per heavy atom. The van der Waals surface area contributed by atoms with Gasteiger partial charge in [0.15, 0.2) is 0 Å². The van der Waals surface area contributed by atoms with Gasteiger partial charge in [0.05, 0.1) is 6.61 Å². The lowest BCUT2D eigenvalue weighted by Gasteiger charge is -2.28. The molecule has 2 nitrogen and oxygen atoms in total. The van der Waals surface area contributed by atoms with E-state index in [9.17, 15) is 0 Å². The van der Waals surface area contributed by atoms with Crippen molar-refractivity contribution in [2.45, 2.75) is 46.6 Å². The normalized spacial score (nSPS) is 14.4. The van der Waals surface area contributed by atoms with E-state index >= 15 is 0 Å². The minimum Gasteiger partial charge on any atom is -0.494 e. The zero-order valence-corrected chi connectivity index (χ0v) is 12.9. The van der Waals surface area contributed by atoms with Crippen LogP contribution in [0.15, 0.2) is 30.3 Å². The molecular formula is C17H29NO. The fourth-order valence-electron chi connectivity index (χ4n) is 2.66. The summed E-state index contributed by atoms with van der Waals surface area (Å²) in [4.78, 5) is 0. The molecule has 0 aliphatic carbocycles. The van der Waals surface area contributed by atoms with Crippen LogP contribution in [0.3, 0.4) is 0 Å². The Balaban J connectivity index is 2.28. The topological polar surface area (TPSA) is 21.3 Å². The highest BCUT2D eigenvalue weighted by Crippen LogP contribution is 2.21. The number of hydrogen-bond donors (Lipinski definition) is 1. The molecule has 1 aromatic rings. The number of para-hydroxylation sites is 1. The highest BCUT2D eigenvalue weighted by molar-refractivity contribution is 5.20. The summed E-state index contributed by atoms with van der Waals surface area (Å²) in [6, 6.07) is 10.7. The number of benzene rings is 1. The molecule has 0 spiro atoms. The lowest BCUT2D eigenvalue weighted by atomic mass is 9.85. The van der Waals surface area contributed by atoms with Crippen LogP contribution in [0.5, 0.6) is 5.75 Å². The van der Waals surface area contributed by atoms with E-state index in [0.29, 0.717) is 12.0 Å². The van der Waals surface area contributed by atoms with Crippen LogP contribution >= 0.6 is 0 Å². The van der Waals surface area contributed by atoms with E-state index in [4.69, 9.17) is 4.74 Å². The van der Waals surface area contributed by atoms with Crippen LogP contribution < -0.4 is 10.1 Å². The van der Waals surface area contributed by atoms with Crippen molar-refractivity contribution in [3.05, 3.63) is 30.3 Å². The number of ether oxygens (including phenoxy) is 1. The van der Waals surface area contributed by atoms with Crippen molar-refractivity contribution in [2.24, 2.45) is 11.8 Å². The maximum atomic E-state index is 5.76. The van der Waals surface area contributed by atoms with Gasteiger partial charge in [0, 0.05) is 6.04 Å². The quantitative estimate of drug-likeness (QED) is 0.677. The SMILES string of the molecule is CCNC(C)C(CCCOc1ccccc1)C(C)C. The first kappa shape index (κ1) is 16.0. The smallest absolute Gasteiger partial charge is 0.119 e. The summed E-state index contributed by atoms with van der Waals surface area (Å²) in [7, 11) is 0. The second kappa shape index (κ2) is 8.98. The van der Waals surface area contributed by atoms with Gasteiger partial charge in [0.1, 0.15) is 5.75 Å². The lowest BCUT2D eigenvalue weighted by molar-refractivity contribution is 0.238. The first-order valence-corrected chi connectivity index (χ1v) is 7.56. The molecule has 0 amide bonds. The Morgan fingerprint density at radius 1 is 1.11 bits per heavy atom. The van der Waals surface area contributed by atoms with Gasteiger partial charge in [-0.15, -0.1) is 0 Å². The van der Waals surface area contributed by atoms with Crippen LogP contribution in [0.25, 0.3) is 0 Å². The van der Waals surface area contributed by atoms with Crippen molar-refractivity contribution in [1.29, 1.82) is 0 Å². The van der Waals surface area contributed by atoms with Crippen LogP contribution in [0.2, 0.25) is 0 Å². The molecule has 2 heteroatoms. The maximum Gasteiger partial charge on any atom is 0.119 e. The molecule has 1 N–H and O–H groups in total. The first-order chi connectivity index (χ1) is 9.15. The van der Waals surface area contributed by atoms with Gasteiger partial charge < -0.3 is 10.1 Å². The average molecular weight is 263 g/mol. The Hall–Kier alpha value is -1.02. The van der Waals surface area contributed by atoms with Gasteiger partial charge in [-0.05, 0) is 50.3 Å². The van der Waals surface area contributed by atoms with Crippen molar-refractivity contribution >= 4 is 0 Å². The first-order valence-electron chi connectivity index (χ1n) is 7.56. The van der Waals surface area contributed by atoms with Crippen molar-refractivity contribution in [1.82, 2.24) is 5.32 Å². The van der Waals surface area contributed by atoms with Gasteiger partial charge >= 0.3 is 0 Å². The molecule has 2 unspecified atom stereocenters. The average Bonchev–Trinajstić information content (AvgIpc) is 2.39. The number of nitrogens with one attached hydrogen (secondary N) is 1. The molecule has 0 saturated carbocycles. The molecule has 0 saturated heterocycles. The van der Waals surface area contributed by atoms with Crippen molar-refractivity contribution in [3.63, 3.8) is 0 Å². The van der Waals surface area contributed by atoms with Gasteiger partial charge in [-0.3, -0.25) is 0 Å². The van der Waals surface area contributed by atoms with E-state index in [1.54, 1.807) is 0 Å². The highest BCUT2D eigenvalue weighted by Gasteiger charge is 2.19. The molecule has 0 heterocycles. The van der Waals surface area contributed by atoms with Crippen molar-refractivity contribution in [3.8, 4) is 5.75 Å². The molecule has 1 rings (SSSR count). The summed E-state index contributed by atoms with van der Waals surface area (Å²) >= 11 is 0. The van der Waals surface area contributed by atoms with E-state index in [1.165, 1.54) is 6.42 Å². The van der Waals surface area contributed by atoms with E-state index in [-0.39, 0.29) is 0 Å². The minimum absolute atomic E-state index is 0.585. The van der Waals surface area contributed by atoms with Crippen LogP contribution in [-0.4, -0.2) is 19.2 Å². The second-order valence-electron chi connectivity index (χ2n) is 5.56. The molecular weight excluding hydrogens is 234 g/mol. The third-order valence-electron chi connectivity index (χ3n) is 3.72.